The highest BCUT2D eigenvalue weighted by molar-refractivity contribution is 5.61. The molecule has 0 aliphatic heterocycles. The van der Waals surface area contributed by atoms with E-state index in [1.165, 1.54) is 0 Å². The van der Waals surface area contributed by atoms with E-state index in [2.05, 4.69) is 0 Å². The molecule has 0 radical (unpaired) electrons. The first-order chi connectivity index (χ1) is 7.83. The lowest BCUT2D eigenvalue weighted by Gasteiger charge is -2.10. The van der Waals surface area contributed by atoms with Gasteiger partial charge >= 0.3 is 6.18 Å². The number of hydrogen-bond donors (Lipinski definition) is 1. The maximum atomic E-state index is 11.9. The summed E-state index contributed by atoms with van der Waals surface area (Å²) in [6.07, 6.45) is -4.42. The van der Waals surface area contributed by atoms with Gasteiger partial charge in [-0.3, -0.25) is 10.1 Å². The second kappa shape index (κ2) is 4.69. The van der Waals surface area contributed by atoms with Crippen molar-refractivity contribution in [1.82, 2.24) is 0 Å². The van der Waals surface area contributed by atoms with Crippen molar-refractivity contribution in [1.29, 1.82) is 5.26 Å². The van der Waals surface area contributed by atoms with Gasteiger partial charge in [0, 0.05) is 12.1 Å². The minimum Gasteiger partial charge on any atom is -0.375 e. The van der Waals surface area contributed by atoms with E-state index in [1.54, 1.807) is 6.07 Å². The average Bonchev–Trinajstić information content (AvgIpc) is 2.24. The number of nitro benzene ring substituents is 1. The summed E-state index contributed by atoms with van der Waals surface area (Å²) in [6.45, 7) is -1.31. The molecule has 0 amide bonds. The molecule has 0 aliphatic rings. The van der Waals surface area contributed by atoms with E-state index in [0.29, 0.717) is 0 Å². The molecule has 0 heterocycles. The molecular weight excluding hydrogens is 239 g/mol. The van der Waals surface area contributed by atoms with Crippen molar-refractivity contribution in [2.24, 2.45) is 0 Å². The van der Waals surface area contributed by atoms with Crippen LogP contribution >= 0.6 is 0 Å². The number of halogens is 3. The fourth-order valence-corrected chi connectivity index (χ4v) is 1.09. The molecule has 1 aromatic carbocycles. The first-order valence-electron chi connectivity index (χ1n) is 4.32. The Morgan fingerprint density at radius 1 is 1.47 bits per heavy atom. The highest BCUT2D eigenvalue weighted by Crippen LogP contribution is 2.23. The zero-order valence-electron chi connectivity index (χ0n) is 8.28. The first-order valence-corrected chi connectivity index (χ1v) is 4.32. The molecule has 0 saturated heterocycles. The van der Waals surface area contributed by atoms with Crippen molar-refractivity contribution >= 4 is 11.4 Å². The largest absolute Gasteiger partial charge is 0.405 e. The number of rotatable bonds is 3. The summed E-state index contributed by atoms with van der Waals surface area (Å²) in [6, 6.07) is 4.61. The highest BCUT2D eigenvalue weighted by atomic mass is 19.4. The molecule has 0 atom stereocenters. The number of hydrogen-bond acceptors (Lipinski definition) is 4. The van der Waals surface area contributed by atoms with Crippen LogP contribution in [-0.2, 0) is 0 Å². The van der Waals surface area contributed by atoms with Gasteiger partial charge in [0.15, 0.2) is 0 Å². The summed E-state index contributed by atoms with van der Waals surface area (Å²) < 4.78 is 35.8. The molecule has 1 rings (SSSR count). The lowest BCUT2D eigenvalue weighted by molar-refractivity contribution is -0.384. The van der Waals surface area contributed by atoms with Crippen LogP contribution in [0, 0.1) is 21.4 Å². The van der Waals surface area contributed by atoms with E-state index in [-0.39, 0.29) is 16.9 Å². The number of non-ortho nitro benzene ring substituents is 1. The van der Waals surface area contributed by atoms with Crippen LogP contribution in [0.4, 0.5) is 24.5 Å². The first kappa shape index (κ1) is 12.8. The van der Waals surface area contributed by atoms with Gasteiger partial charge in [-0.15, -0.1) is 0 Å². The fourth-order valence-electron chi connectivity index (χ4n) is 1.09. The highest BCUT2D eigenvalue weighted by Gasteiger charge is 2.27. The number of alkyl halides is 3. The van der Waals surface area contributed by atoms with Gasteiger partial charge in [0.2, 0.25) is 0 Å². The Kier molecular flexibility index (Phi) is 3.52. The molecule has 90 valence electrons. The van der Waals surface area contributed by atoms with Gasteiger partial charge < -0.3 is 5.32 Å². The zero-order valence-corrected chi connectivity index (χ0v) is 8.28. The van der Waals surface area contributed by atoms with E-state index in [9.17, 15) is 23.3 Å². The molecule has 0 aliphatic carbocycles. The van der Waals surface area contributed by atoms with Crippen molar-refractivity contribution in [3.63, 3.8) is 0 Å². The Labute approximate surface area is 93.6 Å². The Balaban J connectivity index is 2.95. The van der Waals surface area contributed by atoms with Gasteiger partial charge in [0.1, 0.15) is 12.6 Å². The van der Waals surface area contributed by atoms with Crippen LogP contribution in [0.5, 0.6) is 0 Å². The summed E-state index contributed by atoms with van der Waals surface area (Å²) in [7, 11) is 0. The maximum absolute atomic E-state index is 11.9. The van der Waals surface area contributed by atoms with E-state index in [1.807, 2.05) is 5.32 Å². The van der Waals surface area contributed by atoms with Crippen LogP contribution in [-0.4, -0.2) is 17.6 Å². The molecule has 0 aromatic heterocycles. The van der Waals surface area contributed by atoms with Crippen LogP contribution in [0.25, 0.3) is 0 Å². The van der Waals surface area contributed by atoms with Crippen LogP contribution in [0.2, 0.25) is 0 Å². The third kappa shape index (κ3) is 3.64. The predicted octanol–water partition coefficient (Wildman–Crippen LogP) is 2.44. The molecule has 17 heavy (non-hydrogen) atoms. The maximum Gasteiger partial charge on any atom is 0.405 e. The number of nitrogens with one attached hydrogen (secondary N) is 1. The summed E-state index contributed by atoms with van der Waals surface area (Å²) in [5.41, 5.74) is -0.641. The van der Waals surface area contributed by atoms with E-state index < -0.39 is 17.6 Å². The van der Waals surface area contributed by atoms with E-state index in [0.717, 1.165) is 18.2 Å². The summed E-state index contributed by atoms with van der Waals surface area (Å²) in [5.74, 6) is 0. The average molecular weight is 245 g/mol. The van der Waals surface area contributed by atoms with Crippen LogP contribution in [0.1, 0.15) is 5.56 Å². The van der Waals surface area contributed by atoms with Crippen LogP contribution in [0.3, 0.4) is 0 Å². The van der Waals surface area contributed by atoms with Crippen LogP contribution in [0.15, 0.2) is 18.2 Å². The monoisotopic (exact) mass is 245 g/mol. The van der Waals surface area contributed by atoms with Crippen LogP contribution < -0.4 is 5.32 Å². The smallest absolute Gasteiger partial charge is 0.375 e. The summed E-state index contributed by atoms with van der Waals surface area (Å²) in [5, 5.41) is 21.1. The van der Waals surface area contributed by atoms with Crippen molar-refractivity contribution in [3.8, 4) is 6.07 Å². The molecule has 0 saturated carbocycles. The molecule has 0 unspecified atom stereocenters. The molecule has 1 aromatic rings. The molecule has 0 spiro atoms. The number of benzene rings is 1. The minimum atomic E-state index is -4.42. The molecule has 8 heteroatoms. The lowest BCUT2D eigenvalue weighted by Crippen LogP contribution is -2.21. The van der Waals surface area contributed by atoms with E-state index >= 15 is 0 Å². The van der Waals surface area contributed by atoms with Gasteiger partial charge in [0.05, 0.1) is 16.2 Å². The normalized spacial score (nSPS) is 10.7. The third-order valence-electron chi connectivity index (χ3n) is 1.81. The van der Waals surface area contributed by atoms with Gasteiger partial charge in [-0.2, -0.15) is 18.4 Å². The molecule has 1 N–H and O–H groups in total. The minimum absolute atomic E-state index is 0.0876. The quantitative estimate of drug-likeness (QED) is 0.655. The fraction of sp³-hybridized carbons (Fsp3) is 0.222. The summed E-state index contributed by atoms with van der Waals surface area (Å²) in [4.78, 5) is 9.67. The van der Waals surface area contributed by atoms with Gasteiger partial charge in [-0.1, -0.05) is 0 Å². The second-order valence-electron chi connectivity index (χ2n) is 3.07. The van der Waals surface area contributed by atoms with Gasteiger partial charge in [-0.05, 0) is 6.07 Å². The predicted molar refractivity (Wildman–Crippen MR) is 52.4 cm³/mol. The Hall–Kier alpha value is -2.30. The second-order valence-corrected chi connectivity index (χ2v) is 3.07. The Morgan fingerprint density at radius 2 is 2.12 bits per heavy atom. The van der Waals surface area contributed by atoms with Crippen molar-refractivity contribution in [2.45, 2.75) is 6.18 Å². The molecule has 5 nitrogen and oxygen atoms in total. The Bertz CT molecular complexity index is 479. The van der Waals surface area contributed by atoms with Crippen molar-refractivity contribution in [3.05, 3.63) is 33.9 Å². The topological polar surface area (TPSA) is 79.0 Å². The third-order valence-corrected chi connectivity index (χ3v) is 1.81. The summed E-state index contributed by atoms with van der Waals surface area (Å²) >= 11 is 0. The van der Waals surface area contributed by atoms with Crippen molar-refractivity contribution in [2.75, 3.05) is 11.9 Å². The van der Waals surface area contributed by atoms with E-state index in [4.69, 9.17) is 5.26 Å². The number of nitro groups is 1. The SMILES string of the molecule is N#Cc1cc([N+](=O)[O-])ccc1NCC(F)(F)F. The number of nitrogens with zero attached hydrogens (tertiary/aromatic N) is 2. The Morgan fingerprint density at radius 3 is 2.59 bits per heavy atom. The van der Waals surface area contributed by atoms with Gasteiger partial charge in [-0.25, -0.2) is 0 Å². The molecule has 0 fully saturated rings. The number of nitriles is 1. The molecular formula is C9H6F3N3O2. The molecule has 0 bridgehead atoms. The van der Waals surface area contributed by atoms with Gasteiger partial charge in [0.25, 0.3) is 5.69 Å². The zero-order chi connectivity index (χ0) is 13.1. The van der Waals surface area contributed by atoms with Crippen molar-refractivity contribution < 1.29 is 18.1 Å². The number of anilines is 1. The standard InChI is InChI=1S/C9H6F3N3O2/c10-9(11,12)5-14-8-2-1-7(15(16)17)3-6(8)4-13/h1-3,14H,5H2. The lowest BCUT2D eigenvalue weighted by atomic mass is 10.1.